The maximum Gasteiger partial charge on any atom is 0.275 e. The molecule has 0 spiro atoms. The lowest BCUT2D eigenvalue weighted by Crippen LogP contribution is -2.29. The highest BCUT2D eigenvalue weighted by Crippen LogP contribution is 2.20. The first-order chi connectivity index (χ1) is 12.7. The van der Waals surface area contributed by atoms with Crippen LogP contribution in [-0.4, -0.2) is 32.6 Å². The van der Waals surface area contributed by atoms with Crippen molar-refractivity contribution < 1.29 is 0 Å². The Kier molecular flexibility index (Phi) is 4.99. The van der Waals surface area contributed by atoms with Crippen LogP contribution in [0.25, 0.3) is 4.96 Å². The van der Waals surface area contributed by atoms with E-state index in [9.17, 15) is 4.79 Å². The molecule has 1 aliphatic heterocycles. The topological polar surface area (TPSA) is 62.5 Å². The number of hydrogen-bond acceptors (Lipinski definition) is 6. The lowest BCUT2D eigenvalue weighted by atomic mass is 10.1. The number of anilines is 1. The molecule has 1 fully saturated rings. The fourth-order valence-corrected chi connectivity index (χ4v) is 4.25. The zero-order chi connectivity index (χ0) is 17.9. The Hall–Kier alpha value is -2.25. The first-order valence-corrected chi connectivity index (χ1v) is 9.91. The van der Waals surface area contributed by atoms with Crippen molar-refractivity contribution in [3.8, 4) is 0 Å². The zero-order valence-electron chi connectivity index (χ0n) is 14.9. The average molecular weight is 369 g/mol. The molecule has 0 saturated carbocycles. The Morgan fingerprint density at radius 1 is 1.15 bits per heavy atom. The lowest BCUT2D eigenvalue weighted by molar-refractivity contribution is 0.220. The summed E-state index contributed by atoms with van der Waals surface area (Å²) in [5.41, 5.74) is 3.21. The summed E-state index contributed by atoms with van der Waals surface area (Å²) >= 11 is 1.41. The molecule has 1 aromatic carbocycles. The van der Waals surface area contributed by atoms with E-state index in [2.05, 4.69) is 44.6 Å². The van der Waals surface area contributed by atoms with Gasteiger partial charge in [0, 0.05) is 24.8 Å². The van der Waals surface area contributed by atoms with E-state index in [4.69, 9.17) is 0 Å². The van der Waals surface area contributed by atoms with Crippen LogP contribution in [0.3, 0.4) is 0 Å². The molecule has 1 saturated heterocycles. The van der Waals surface area contributed by atoms with Gasteiger partial charge in [0.2, 0.25) is 10.1 Å². The van der Waals surface area contributed by atoms with E-state index in [-0.39, 0.29) is 5.56 Å². The van der Waals surface area contributed by atoms with Crippen molar-refractivity contribution in [2.45, 2.75) is 39.3 Å². The van der Waals surface area contributed by atoms with Crippen molar-refractivity contribution >= 4 is 21.4 Å². The molecule has 6 nitrogen and oxygen atoms in total. The largest absolute Gasteiger partial charge is 0.356 e. The number of likely N-dealkylation sites (tertiary alicyclic amines) is 1. The van der Waals surface area contributed by atoms with Gasteiger partial charge in [0.1, 0.15) is 0 Å². The van der Waals surface area contributed by atoms with E-state index in [1.54, 1.807) is 0 Å². The maximum atomic E-state index is 12.0. The van der Waals surface area contributed by atoms with Crippen LogP contribution in [-0.2, 0) is 13.1 Å². The number of nitrogens with zero attached hydrogens (tertiary/aromatic N) is 4. The summed E-state index contributed by atoms with van der Waals surface area (Å²) in [6.07, 6.45) is 3.95. The molecule has 0 amide bonds. The highest BCUT2D eigenvalue weighted by atomic mass is 32.1. The van der Waals surface area contributed by atoms with Crippen molar-refractivity contribution in [2.75, 3.05) is 18.4 Å². The first kappa shape index (κ1) is 17.2. The van der Waals surface area contributed by atoms with Gasteiger partial charge in [-0.3, -0.25) is 9.69 Å². The van der Waals surface area contributed by atoms with Gasteiger partial charge in [-0.1, -0.05) is 42.0 Å². The van der Waals surface area contributed by atoms with Crippen molar-refractivity contribution in [1.82, 2.24) is 19.5 Å². The summed E-state index contributed by atoms with van der Waals surface area (Å²) in [5.74, 6) is 0. The normalized spacial score (nSPS) is 15.4. The number of nitrogens with one attached hydrogen (secondary N) is 1. The molecular weight excluding hydrogens is 346 g/mol. The molecule has 4 rings (SSSR count). The van der Waals surface area contributed by atoms with E-state index in [1.165, 1.54) is 65.4 Å². The number of hydrogen-bond donors (Lipinski definition) is 1. The molecule has 3 heterocycles. The Morgan fingerprint density at radius 3 is 2.73 bits per heavy atom. The van der Waals surface area contributed by atoms with Crippen molar-refractivity contribution in [2.24, 2.45) is 0 Å². The molecule has 2 aromatic heterocycles. The molecule has 0 bridgehead atoms. The van der Waals surface area contributed by atoms with E-state index < -0.39 is 0 Å². The number of piperidine rings is 1. The molecule has 0 unspecified atom stereocenters. The average Bonchev–Trinajstić information content (AvgIpc) is 3.05. The van der Waals surface area contributed by atoms with E-state index >= 15 is 0 Å². The molecule has 0 radical (unpaired) electrons. The summed E-state index contributed by atoms with van der Waals surface area (Å²) in [6.45, 7) is 5.89. The predicted molar refractivity (Wildman–Crippen MR) is 105 cm³/mol. The minimum Gasteiger partial charge on any atom is -0.356 e. The number of aromatic nitrogens is 3. The molecule has 26 heavy (non-hydrogen) atoms. The van der Waals surface area contributed by atoms with Crippen LogP contribution in [0.5, 0.6) is 0 Å². The Morgan fingerprint density at radius 2 is 1.92 bits per heavy atom. The molecular formula is C19H23N5OS. The highest BCUT2D eigenvalue weighted by Gasteiger charge is 2.13. The second-order valence-electron chi connectivity index (χ2n) is 6.80. The molecule has 3 aromatic rings. The zero-order valence-corrected chi connectivity index (χ0v) is 15.8. The minimum atomic E-state index is -0.137. The summed E-state index contributed by atoms with van der Waals surface area (Å²) in [7, 11) is 0. The van der Waals surface area contributed by atoms with Crippen LogP contribution >= 0.6 is 11.3 Å². The molecule has 0 atom stereocenters. The molecule has 1 N–H and O–H groups in total. The third-order valence-corrected chi connectivity index (χ3v) is 5.63. The van der Waals surface area contributed by atoms with Gasteiger partial charge in [0.15, 0.2) is 0 Å². The molecule has 136 valence electrons. The third-order valence-electron chi connectivity index (χ3n) is 4.76. The van der Waals surface area contributed by atoms with Gasteiger partial charge in [0.25, 0.3) is 5.56 Å². The summed E-state index contributed by atoms with van der Waals surface area (Å²) in [4.78, 5) is 19.5. The number of rotatable bonds is 5. The first-order valence-electron chi connectivity index (χ1n) is 9.09. The second kappa shape index (κ2) is 7.55. The van der Waals surface area contributed by atoms with Gasteiger partial charge in [0.05, 0.1) is 0 Å². The Labute approximate surface area is 156 Å². The smallest absolute Gasteiger partial charge is 0.275 e. The second-order valence-corrected chi connectivity index (χ2v) is 7.75. The van der Waals surface area contributed by atoms with Gasteiger partial charge in [-0.25, -0.2) is 4.98 Å². The number of fused-ring (bicyclic) bond motifs is 1. The summed E-state index contributed by atoms with van der Waals surface area (Å²) in [6, 6.07) is 10.1. The van der Waals surface area contributed by atoms with Crippen molar-refractivity contribution in [1.29, 1.82) is 0 Å². The van der Waals surface area contributed by atoms with Crippen LogP contribution < -0.4 is 10.9 Å². The van der Waals surface area contributed by atoms with Crippen LogP contribution in [0.4, 0.5) is 5.13 Å². The van der Waals surface area contributed by atoms with Gasteiger partial charge in [-0.05, 0) is 44.0 Å². The fourth-order valence-electron chi connectivity index (χ4n) is 3.41. The van der Waals surface area contributed by atoms with Crippen LogP contribution in [0, 0.1) is 6.92 Å². The Balaban J connectivity index is 1.49. The van der Waals surface area contributed by atoms with E-state index in [1.807, 2.05) is 6.92 Å². The molecule has 7 heteroatoms. The van der Waals surface area contributed by atoms with Crippen molar-refractivity contribution in [3.63, 3.8) is 0 Å². The van der Waals surface area contributed by atoms with E-state index in [0.717, 1.165) is 12.2 Å². The lowest BCUT2D eigenvalue weighted by Gasteiger charge is -2.27. The van der Waals surface area contributed by atoms with Gasteiger partial charge < -0.3 is 5.32 Å². The van der Waals surface area contributed by atoms with Crippen molar-refractivity contribution in [3.05, 3.63) is 57.5 Å². The Bertz CT molecular complexity index is 958. The molecule has 0 aliphatic carbocycles. The van der Waals surface area contributed by atoms with E-state index in [0.29, 0.717) is 16.6 Å². The van der Waals surface area contributed by atoms with Gasteiger partial charge in [-0.2, -0.15) is 4.52 Å². The summed E-state index contributed by atoms with van der Waals surface area (Å²) in [5, 5.41) is 8.43. The van der Waals surface area contributed by atoms with Gasteiger partial charge in [-0.15, -0.1) is 5.10 Å². The number of aryl methyl sites for hydroxylation is 1. The van der Waals surface area contributed by atoms with Crippen LogP contribution in [0.2, 0.25) is 0 Å². The fraction of sp³-hybridized carbons (Fsp3) is 0.421. The number of benzene rings is 1. The third kappa shape index (κ3) is 3.78. The standard InChI is InChI=1S/C19H23N5OS/c1-14-11-17(25)24-19(21-14)26-18(22-24)20-12-15-7-3-4-8-16(15)13-23-9-5-2-6-10-23/h3-4,7-8,11H,2,5-6,9-10,12-13H2,1H3,(H,20,22). The molecule has 1 aliphatic rings. The SMILES string of the molecule is Cc1cc(=O)n2nc(NCc3ccccc3CN3CCCCC3)sc2n1. The predicted octanol–water partition coefficient (Wildman–Crippen LogP) is 3.06. The monoisotopic (exact) mass is 369 g/mol. The van der Waals surface area contributed by atoms with Crippen LogP contribution in [0.1, 0.15) is 36.1 Å². The van der Waals surface area contributed by atoms with Gasteiger partial charge >= 0.3 is 0 Å². The maximum absolute atomic E-state index is 12.0. The summed E-state index contributed by atoms with van der Waals surface area (Å²) < 4.78 is 1.36. The minimum absolute atomic E-state index is 0.137. The van der Waals surface area contributed by atoms with Crippen LogP contribution in [0.15, 0.2) is 35.1 Å². The quantitative estimate of drug-likeness (QED) is 0.749. The highest BCUT2D eigenvalue weighted by molar-refractivity contribution is 7.20.